The van der Waals surface area contributed by atoms with E-state index in [1.807, 2.05) is 11.3 Å². The molecule has 2 fully saturated rings. The zero-order chi connectivity index (χ0) is 12.5. The predicted octanol–water partition coefficient (Wildman–Crippen LogP) is 3.02. The topological polar surface area (TPSA) is 28.2 Å². The molecule has 3 nitrogen and oxygen atoms in total. The molecule has 0 radical (unpaired) electrons. The highest BCUT2D eigenvalue weighted by Crippen LogP contribution is 2.30. The number of thiazole rings is 1. The molecule has 3 rings (SSSR count). The Morgan fingerprint density at radius 2 is 2.17 bits per heavy atom. The second-order valence-corrected chi connectivity index (χ2v) is 6.80. The van der Waals surface area contributed by atoms with Gasteiger partial charge in [-0.05, 0) is 38.5 Å². The van der Waals surface area contributed by atoms with Gasteiger partial charge in [0.1, 0.15) is 0 Å². The van der Waals surface area contributed by atoms with E-state index in [2.05, 4.69) is 29.4 Å². The number of nitrogens with one attached hydrogen (secondary N) is 1. The molecule has 1 saturated heterocycles. The average Bonchev–Trinajstić information content (AvgIpc) is 3.08. The largest absolute Gasteiger partial charge is 0.345 e. The van der Waals surface area contributed by atoms with Crippen LogP contribution in [0.3, 0.4) is 0 Å². The Bertz CT molecular complexity index is 399. The van der Waals surface area contributed by atoms with Crippen molar-refractivity contribution >= 4 is 16.5 Å². The second kappa shape index (κ2) is 5.17. The van der Waals surface area contributed by atoms with Crippen LogP contribution in [-0.2, 0) is 6.54 Å². The van der Waals surface area contributed by atoms with Gasteiger partial charge in [-0.15, -0.1) is 11.3 Å². The molecular weight excluding hydrogens is 242 g/mol. The lowest BCUT2D eigenvalue weighted by molar-refractivity contribution is 0.390. The van der Waals surface area contributed by atoms with Crippen LogP contribution in [-0.4, -0.2) is 23.6 Å². The van der Waals surface area contributed by atoms with Crippen molar-refractivity contribution in [1.29, 1.82) is 0 Å². The molecule has 2 atom stereocenters. The zero-order valence-corrected chi connectivity index (χ0v) is 12.2. The maximum atomic E-state index is 4.80. The molecule has 1 aromatic rings. The molecule has 2 aliphatic rings. The molecule has 100 valence electrons. The molecular formula is C14H23N3S. The van der Waals surface area contributed by atoms with Gasteiger partial charge in [-0.25, -0.2) is 4.98 Å². The Kier molecular flexibility index (Phi) is 3.57. The Morgan fingerprint density at radius 3 is 2.94 bits per heavy atom. The summed E-state index contributed by atoms with van der Waals surface area (Å²) in [5.41, 5.74) is 1.22. The third kappa shape index (κ3) is 2.86. The van der Waals surface area contributed by atoms with Crippen LogP contribution in [0.15, 0.2) is 5.38 Å². The average molecular weight is 265 g/mol. The molecule has 0 bridgehead atoms. The van der Waals surface area contributed by atoms with Crippen LogP contribution < -0.4 is 10.2 Å². The van der Waals surface area contributed by atoms with Crippen molar-refractivity contribution in [3.63, 3.8) is 0 Å². The molecule has 4 heteroatoms. The summed E-state index contributed by atoms with van der Waals surface area (Å²) in [5.74, 6) is 0.804. The van der Waals surface area contributed by atoms with Crippen LogP contribution in [0.4, 0.5) is 5.13 Å². The molecule has 1 aromatic heterocycles. The fourth-order valence-electron chi connectivity index (χ4n) is 2.60. The smallest absolute Gasteiger partial charge is 0.185 e. The lowest BCUT2D eigenvalue weighted by atomic mass is 9.96. The van der Waals surface area contributed by atoms with E-state index in [1.165, 1.54) is 43.1 Å². The highest BCUT2D eigenvalue weighted by molar-refractivity contribution is 7.13. The maximum absolute atomic E-state index is 4.80. The molecule has 0 spiro atoms. The summed E-state index contributed by atoms with van der Waals surface area (Å²) < 4.78 is 0. The zero-order valence-electron chi connectivity index (χ0n) is 11.4. The van der Waals surface area contributed by atoms with Gasteiger partial charge in [-0.2, -0.15) is 0 Å². The predicted molar refractivity (Wildman–Crippen MR) is 77.2 cm³/mol. The van der Waals surface area contributed by atoms with Gasteiger partial charge in [0.25, 0.3) is 0 Å². The Labute approximate surface area is 114 Å². The van der Waals surface area contributed by atoms with E-state index in [9.17, 15) is 0 Å². The van der Waals surface area contributed by atoms with Crippen LogP contribution in [0.1, 0.15) is 45.2 Å². The fraction of sp³-hybridized carbons (Fsp3) is 0.786. The summed E-state index contributed by atoms with van der Waals surface area (Å²) in [7, 11) is 0. The highest BCUT2D eigenvalue weighted by atomic mass is 32.1. The SMILES string of the molecule is CC1CCC(C)N(c2nc(CNC3CC3)cs2)C1. The van der Waals surface area contributed by atoms with E-state index < -0.39 is 0 Å². The summed E-state index contributed by atoms with van der Waals surface area (Å²) >= 11 is 1.81. The summed E-state index contributed by atoms with van der Waals surface area (Å²) in [6, 6.07) is 1.42. The highest BCUT2D eigenvalue weighted by Gasteiger charge is 2.25. The van der Waals surface area contributed by atoms with Gasteiger partial charge < -0.3 is 10.2 Å². The number of nitrogens with zero attached hydrogens (tertiary/aromatic N) is 2. The van der Waals surface area contributed by atoms with E-state index in [1.54, 1.807) is 0 Å². The van der Waals surface area contributed by atoms with Crippen molar-refractivity contribution in [2.45, 2.75) is 58.2 Å². The monoisotopic (exact) mass is 265 g/mol. The first-order valence-electron chi connectivity index (χ1n) is 7.17. The number of hydrogen-bond donors (Lipinski definition) is 1. The fourth-order valence-corrected chi connectivity index (χ4v) is 3.54. The second-order valence-electron chi connectivity index (χ2n) is 5.96. The third-order valence-corrected chi connectivity index (χ3v) is 4.98. The molecule has 1 N–H and O–H groups in total. The number of piperidine rings is 1. The van der Waals surface area contributed by atoms with Crippen molar-refractivity contribution in [1.82, 2.24) is 10.3 Å². The standard InChI is InChI=1S/C14H23N3S/c1-10-3-4-11(2)17(8-10)14-16-13(9-18-14)7-15-12-5-6-12/h9-12,15H,3-8H2,1-2H3. The number of anilines is 1. The minimum atomic E-state index is 0.650. The number of rotatable bonds is 4. The number of hydrogen-bond acceptors (Lipinski definition) is 4. The maximum Gasteiger partial charge on any atom is 0.185 e. The Morgan fingerprint density at radius 1 is 1.33 bits per heavy atom. The minimum absolute atomic E-state index is 0.650. The van der Waals surface area contributed by atoms with Crippen molar-refractivity contribution in [2.24, 2.45) is 5.92 Å². The van der Waals surface area contributed by atoms with Gasteiger partial charge in [-0.1, -0.05) is 6.92 Å². The van der Waals surface area contributed by atoms with Gasteiger partial charge in [-0.3, -0.25) is 0 Å². The van der Waals surface area contributed by atoms with Crippen LogP contribution in [0.25, 0.3) is 0 Å². The lowest BCUT2D eigenvalue weighted by Gasteiger charge is -2.36. The number of aromatic nitrogens is 1. The molecule has 18 heavy (non-hydrogen) atoms. The Hall–Kier alpha value is -0.610. The van der Waals surface area contributed by atoms with Crippen LogP contribution in [0.2, 0.25) is 0 Å². The normalized spacial score (nSPS) is 28.7. The van der Waals surface area contributed by atoms with Crippen molar-refractivity contribution < 1.29 is 0 Å². The van der Waals surface area contributed by atoms with Crippen LogP contribution >= 0.6 is 11.3 Å². The van der Waals surface area contributed by atoms with Gasteiger partial charge in [0.2, 0.25) is 0 Å². The summed E-state index contributed by atoms with van der Waals surface area (Å²) in [4.78, 5) is 7.30. The molecule has 2 heterocycles. The van der Waals surface area contributed by atoms with Crippen LogP contribution in [0.5, 0.6) is 0 Å². The molecule has 2 unspecified atom stereocenters. The lowest BCUT2D eigenvalue weighted by Crippen LogP contribution is -2.41. The summed E-state index contributed by atoms with van der Waals surface area (Å²) in [5, 5.41) is 6.98. The van der Waals surface area contributed by atoms with Gasteiger partial charge >= 0.3 is 0 Å². The van der Waals surface area contributed by atoms with Crippen LogP contribution in [0, 0.1) is 5.92 Å². The molecule has 1 saturated carbocycles. The molecule has 0 aromatic carbocycles. The minimum Gasteiger partial charge on any atom is -0.345 e. The van der Waals surface area contributed by atoms with E-state index >= 15 is 0 Å². The van der Waals surface area contributed by atoms with Crippen molar-refractivity contribution in [3.05, 3.63) is 11.1 Å². The van der Waals surface area contributed by atoms with Crippen molar-refractivity contribution in [3.8, 4) is 0 Å². The molecule has 1 aliphatic heterocycles. The van der Waals surface area contributed by atoms with E-state index in [-0.39, 0.29) is 0 Å². The third-order valence-electron chi connectivity index (χ3n) is 4.05. The quantitative estimate of drug-likeness (QED) is 0.907. The summed E-state index contributed by atoms with van der Waals surface area (Å²) in [6.07, 6.45) is 5.35. The van der Waals surface area contributed by atoms with Gasteiger partial charge in [0, 0.05) is 30.6 Å². The van der Waals surface area contributed by atoms with E-state index in [0.29, 0.717) is 6.04 Å². The van der Waals surface area contributed by atoms with Crippen molar-refractivity contribution in [2.75, 3.05) is 11.4 Å². The first-order valence-corrected chi connectivity index (χ1v) is 8.05. The first-order chi connectivity index (χ1) is 8.72. The molecule has 1 aliphatic carbocycles. The molecule has 0 amide bonds. The summed E-state index contributed by atoms with van der Waals surface area (Å²) in [6.45, 7) is 6.79. The van der Waals surface area contributed by atoms with Gasteiger partial charge in [0.05, 0.1) is 5.69 Å². The first kappa shape index (κ1) is 12.4. The van der Waals surface area contributed by atoms with E-state index in [0.717, 1.165) is 18.5 Å². The Balaban J connectivity index is 1.63. The van der Waals surface area contributed by atoms with E-state index in [4.69, 9.17) is 4.98 Å². The van der Waals surface area contributed by atoms with Gasteiger partial charge in [0.15, 0.2) is 5.13 Å².